The van der Waals surface area contributed by atoms with Crippen molar-refractivity contribution in [3.05, 3.63) is 29.6 Å². The Kier molecular flexibility index (Phi) is 5.61. The van der Waals surface area contributed by atoms with Gasteiger partial charge in [0.25, 0.3) is 0 Å². The van der Waals surface area contributed by atoms with Gasteiger partial charge in [-0.2, -0.15) is 5.26 Å². The Morgan fingerprint density at radius 1 is 1.50 bits per heavy atom. The highest BCUT2D eigenvalue weighted by atomic mass is 35.5. The van der Waals surface area contributed by atoms with Crippen molar-refractivity contribution in [2.75, 3.05) is 13.2 Å². The van der Waals surface area contributed by atoms with Gasteiger partial charge in [0.15, 0.2) is 11.6 Å². The predicted molar refractivity (Wildman–Crippen MR) is 52.9 cm³/mol. The number of hydrogen-bond donors (Lipinski definition) is 1. The second-order valence-corrected chi connectivity index (χ2v) is 2.39. The third-order valence-electron chi connectivity index (χ3n) is 1.44. The minimum atomic E-state index is -0.479. The first kappa shape index (κ1) is 12.7. The molecule has 1 aromatic rings. The Hall–Kier alpha value is -1.31. The highest BCUT2D eigenvalue weighted by Crippen LogP contribution is 2.17. The van der Waals surface area contributed by atoms with E-state index in [2.05, 4.69) is 0 Å². The maximum absolute atomic E-state index is 13.0. The SMILES string of the molecule is Cl.N#Cc1ccc(F)c(OCCN)c1. The fraction of sp³-hybridized carbons (Fsp3) is 0.222. The molecule has 0 aliphatic carbocycles. The van der Waals surface area contributed by atoms with Crippen LogP contribution >= 0.6 is 12.4 Å². The zero-order chi connectivity index (χ0) is 9.68. The minimum Gasteiger partial charge on any atom is -0.489 e. The topological polar surface area (TPSA) is 59.0 Å². The Morgan fingerprint density at radius 2 is 2.21 bits per heavy atom. The molecule has 76 valence electrons. The van der Waals surface area contributed by atoms with E-state index in [9.17, 15) is 4.39 Å². The van der Waals surface area contributed by atoms with Crippen molar-refractivity contribution in [3.63, 3.8) is 0 Å². The summed E-state index contributed by atoms with van der Waals surface area (Å²) in [6, 6.07) is 5.84. The third kappa shape index (κ3) is 3.21. The molecule has 1 aromatic carbocycles. The number of nitrogens with zero attached hydrogens (tertiary/aromatic N) is 1. The molecule has 0 aliphatic heterocycles. The molecule has 0 aromatic heterocycles. The number of rotatable bonds is 3. The van der Waals surface area contributed by atoms with Gasteiger partial charge in [0.2, 0.25) is 0 Å². The van der Waals surface area contributed by atoms with Crippen LogP contribution in [0.4, 0.5) is 4.39 Å². The van der Waals surface area contributed by atoms with E-state index in [4.69, 9.17) is 15.7 Å². The lowest BCUT2D eigenvalue weighted by Crippen LogP contribution is -2.11. The monoisotopic (exact) mass is 216 g/mol. The van der Waals surface area contributed by atoms with Gasteiger partial charge in [-0.3, -0.25) is 0 Å². The average molecular weight is 217 g/mol. The molecule has 0 bridgehead atoms. The van der Waals surface area contributed by atoms with Gasteiger partial charge in [-0.15, -0.1) is 12.4 Å². The first-order chi connectivity index (χ1) is 6.27. The normalized spacial score (nSPS) is 8.64. The van der Waals surface area contributed by atoms with E-state index in [1.165, 1.54) is 18.2 Å². The van der Waals surface area contributed by atoms with Gasteiger partial charge >= 0.3 is 0 Å². The Morgan fingerprint density at radius 3 is 2.79 bits per heavy atom. The zero-order valence-electron chi connectivity index (χ0n) is 7.37. The molecule has 0 atom stereocenters. The van der Waals surface area contributed by atoms with Crippen molar-refractivity contribution in [1.82, 2.24) is 0 Å². The third-order valence-corrected chi connectivity index (χ3v) is 1.44. The smallest absolute Gasteiger partial charge is 0.165 e. The second-order valence-electron chi connectivity index (χ2n) is 2.39. The van der Waals surface area contributed by atoms with Crippen LogP contribution in [0.25, 0.3) is 0 Å². The van der Waals surface area contributed by atoms with Crippen LogP contribution in [0.5, 0.6) is 5.75 Å². The molecule has 2 N–H and O–H groups in total. The van der Waals surface area contributed by atoms with E-state index in [0.29, 0.717) is 12.1 Å². The summed E-state index contributed by atoms with van der Waals surface area (Å²) < 4.78 is 17.9. The molecular formula is C9H10ClFN2O. The predicted octanol–water partition coefficient (Wildman–Crippen LogP) is 1.46. The van der Waals surface area contributed by atoms with Crippen molar-refractivity contribution < 1.29 is 9.13 Å². The van der Waals surface area contributed by atoms with E-state index in [1.807, 2.05) is 6.07 Å². The highest BCUT2D eigenvalue weighted by molar-refractivity contribution is 5.85. The first-order valence-electron chi connectivity index (χ1n) is 3.80. The molecule has 0 amide bonds. The molecule has 0 aliphatic rings. The van der Waals surface area contributed by atoms with Crippen LogP contribution in [-0.2, 0) is 0 Å². The van der Waals surface area contributed by atoms with Crippen LogP contribution in [0.1, 0.15) is 5.56 Å². The number of hydrogen-bond acceptors (Lipinski definition) is 3. The van der Waals surface area contributed by atoms with Gasteiger partial charge in [-0.1, -0.05) is 0 Å². The number of nitriles is 1. The Balaban J connectivity index is 0.00000169. The van der Waals surface area contributed by atoms with E-state index >= 15 is 0 Å². The fourth-order valence-corrected chi connectivity index (χ4v) is 0.852. The number of halogens is 2. The quantitative estimate of drug-likeness (QED) is 0.832. The van der Waals surface area contributed by atoms with Crippen molar-refractivity contribution in [2.24, 2.45) is 5.73 Å². The fourth-order valence-electron chi connectivity index (χ4n) is 0.852. The van der Waals surface area contributed by atoms with Crippen LogP contribution in [0, 0.1) is 17.1 Å². The number of benzene rings is 1. The summed E-state index contributed by atoms with van der Waals surface area (Å²) in [5.41, 5.74) is 5.55. The first-order valence-corrected chi connectivity index (χ1v) is 3.80. The van der Waals surface area contributed by atoms with Crippen molar-refractivity contribution in [1.29, 1.82) is 5.26 Å². The molecule has 5 heteroatoms. The summed E-state index contributed by atoms with van der Waals surface area (Å²) in [7, 11) is 0. The van der Waals surface area contributed by atoms with E-state index in [1.54, 1.807) is 0 Å². The largest absolute Gasteiger partial charge is 0.489 e. The van der Waals surface area contributed by atoms with Gasteiger partial charge in [0.05, 0.1) is 11.6 Å². The minimum absolute atomic E-state index is 0. The lowest BCUT2D eigenvalue weighted by Gasteiger charge is -2.04. The summed E-state index contributed by atoms with van der Waals surface area (Å²) in [6.07, 6.45) is 0. The Bertz CT molecular complexity index is 338. The van der Waals surface area contributed by atoms with Crippen molar-refractivity contribution in [3.8, 4) is 11.8 Å². The number of nitrogens with two attached hydrogens (primary N) is 1. The van der Waals surface area contributed by atoms with E-state index in [0.717, 1.165) is 0 Å². The number of ether oxygens (including phenoxy) is 1. The molecule has 0 unspecified atom stereocenters. The molecule has 0 saturated heterocycles. The van der Waals surface area contributed by atoms with Gasteiger partial charge in [-0.05, 0) is 12.1 Å². The summed E-state index contributed by atoms with van der Waals surface area (Å²) >= 11 is 0. The summed E-state index contributed by atoms with van der Waals surface area (Å²) in [5, 5.41) is 8.53. The highest BCUT2D eigenvalue weighted by Gasteiger charge is 2.03. The average Bonchev–Trinajstić information content (AvgIpc) is 2.17. The Labute approximate surface area is 87.7 Å². The van der Waals surface area contributed by atoms with Crippen molar-refractivity contribution in [2.45, 2.75) is 0 Å². The molecule has 0 radical (unpaired) electrons. The molecule has 14 heavy (non-hydrogen) atoms. The van der Waals surface area contributed by atoms with Crippen LogP contribution in [0.2, 0.25) is 0 Å². The van der Waals surface area contributed by atoms with Crippen LogP contribution < -0.4 is 10.5 Å². The molecule has 3 nitrogen and oxygen atoms in total. The van der Waals surface area contributed by atoms with Gasteiger partial charge < -0.3 is 10.5 Å². The molecule has 0 heterocycles. The summed E-state index contributed by atoms with van der Waals surface area (Å²) in [6.45, 7) is 0.558. The standard InChI is InChI=1S/C9H9FN2O.ClH/c10-8-2-1-7(6-12)5-9(8)13-4-3-11;/h1-2,5H,3-4,11H2;1H. The molecular weight excluding hydrogens is 207 g/mol. The van der Waals surface area contributed by atoms with Gasteiger partial charge in [0.1, 0.15) is 6.61 Å². The second kappa shape index (κ2) is 6.19. The molecule has 0 spiro atoms. The summed E-state index contributed by atoms with van der Waals surface area (Å²) in [4.78, 5) is 0. The maximum atomic E-state index is 13.0. The van der Waals surface area contributed by atoms with Crippen LogP contribution in [0.3, 0.4) is 0 Å². The zero-order valence-corrected chi connectivity index (χ0v) is 8.18. The van der Waals surface area contributed by atoms with Gasteiger partial charge in [0, 0.05) is 12.6 Å². The molecule has 0 fully saturated rings. The van der Waals surface area contributed by atoms with Gasteiger partial charge in [-0.25, -0.2) is 4.39 Å². The van der Waals surface area contributed by atoms with Crippen LogP contribution in [-0.4, -0.2) is 13.2 Å². The molecule has 1 rings (SSSR count). The van der Waals surface area contributed by atoms with E-state index in [-0.39, 0.29) is 24.8 Å². The lowest BCUT2D eigenvalue weighted by molar-refractivity contribution is 0.311. The summed E-state index contributed by atoms with van der Waals surface area (Å²) in [5.74, 6) is -0.406. The maximum Gasteiger partial charge on any atom is 0.165 e. The lowest BCUT2D eigenvalue weighted by atomic mass is 10.2. The van der Waals surface area contributed by atoms with E-state index < -0.39 is 5.82 Å². The van der Waals surface area contributed by atoms with Crippen LogP contribution in [0.15, 0.2) is 18.2 Å². The van der Waals surface area contributed by atoms with Crippen molar-refractivity contribution >= 4 is 12.4 Å². The molecule has 0 saturated carbocycles.